The second-order valence-corrected chi connectivity index (χ2v) is 8.86. The van der Waals surface area contributed by atoms with Crippen LogP contribution in [0.4, 0.5) is 26.3 Å². The molecule has 41 heavy (non-hydrogen) atoms. The maximum Gasteiger partial charge on any atom is 0.399 e. The van der Waals surface area contributed by atoms with Crippen LogP contribution in [0.2, 0.25) is 0 Å². The average Bonchev–Trinajstić information content (AvgIpc) is 2.94. The summed E-state index contributed by atoms with van der Waals surface area (Å²) in [5.41, 5.74) is 4.87. The fraction of sp³-hybridized carbons (Fsp3) is 0.344. The van der Waals surface area contributed by atoms with Gasteiger partial charge in [-0.1, -0.05) is 58.5 Å². The molecule has 0 radical (unpaired) electrons. The summed E-state index contributed by atoms with van der Waals surface area (Å²) in [6.45, 7) is 14.8. The van der Waals surface area contributed by atoms with Crippen LogP contribution in [0.25, 0.3) is 11.4 Å². The first kappa shape index (κ1) is 35.3. The van der Waals surface area contributed by atoms with Crippen LogP contribution in [-0.4, -0.2) is 11.3 Å². The SMILES string of the molecule is C=C(C1=CCCC(C#N)=C1)c1ccc(/C(F)=C/C(c2cc(C)c(C)c(O)c2)C(F)(F)F)cc1C(N)(F)F.CC.CC. The Labute approximate surface area is 238 Å². The smallest absolute Gasteiger partial charge is 0.399 e. The third kappa shape index (κ3) is 8.86. The molecule has 3 nitrogen and oxygen atoms in total. The van der Waals surface area contributed by atoms with Crippen LogP contribution in [0.3, 0.4) is 0 Å². The van der Waals surface area contributed by atoms with E-state index in [4.69, 9.17) is 11.0 Å². The van der Waals surface area contributed by atoms with Gasteiger partial charge < -0.3 is 5.11 Å². The minimum absolute atomic E-state index is 0.113. The molecule has 0 spiro atoms. The predicted octanol–water partition coefficient (Wildman–Crippen LogP) is 9.91. The molecule has 1 atom stereocenters. The number of aryl methyl sites for hydroxylation is 1. The minimum Gasteiger partial charge on any atom is -0.508 e. The molecule has 2 aromatic rings. The number of phenolic OH excluding ortho intramolecular Hbond substituents is 1. The van der Waals surface area contributed by atoms with Gasteiger partial charge in [0.15, 0.2) is 0 Å². The first-order valence-electron chi connectivity index (χ1n) is 13.2. The van der Waals surface area contributed by atoms with Gasteiger partial charge in [-0.25, -0.2) is 4.39 Å². The number of halogens is 6. The van der Waals surface area contributed by atoms with Gasteiger partial charge in [0.05, 0.1) is 6.07 Å². The lowest BCUT2D eigenvalue weighted by atomic mass is 9.88. The first-order chi connectivity index (χ1) is 19.1. The highest BCUT2D eigenvalue weighted by Gasteiger charge is 2.40. The van der Waals surface area contributed by atoms with E-state index in [0.717, 1.165) is 18.2 Å². The van der Waals surface area contributed by atoms with Gasteiger partial charge in [-0.15, -0.1) is 0 Å². The molecule has 0 bridgehead atoms. The van der Waals surface area contributed by atoms with Gasteiger partial charge in [-0.05, 0) is 84.4 Å². The average molecular weight is 579 g/mol. The van der Waals surface area contributed by atoms with E-state index < -0.39 is 40.7 Å². The fourth-order valence-electron chi connectivity index (χ4n) is 4.06. The Kier molecular flexibility index (Phi) is 12.7. The molecule has 3 rings (SSSR count). The highest BCUT2D eigenvalue weighted by molar-refractivity contribution is 5.83. The summed E-state index contributed by atoms with van der Waals surface area (Å²) >= 11 is 0. The van der Waals surface area contributed by atoms with Crippen LogP contribution in [-0.2, 0) is 6.05 Å². The van der Waals surface area contributed by atoms with Crippen molar-refractivity contribution in [3.63, 3.8) is 0 Å². The molecule has 0 heterocycles. The number of phenols is 1. The minimum atomic E-state index is -4.93. The number of hydrogen-bond acceptors (Lipinski definition) is 3. The summed E-state index contributed by atoms with van der Waals surface area (Å²) in [4.78, 5) is 0. The Bertz CT molecular complexity index is 1350. The van der Waals surface area contributed by atoms with Gasteiger partial charge in [0.1, 0.15) is 17.5 Å². The number of benzene rings is 2. The number of rotatable bonds is 6. The van der Waals surface area contributed by atoms with Crippen molar-refractivity contribution in [3.05, 3.63) is 99.7 Å². The first-order valence-corrected chi connectivity index (χ1v) is 13.2. The van der Waals surface area contributed by atoms with Crippen LogP contribution < -0.4 is 5.73 Å². The van der Waals surface area contributed by atoms with E-state index in [2.05, 4.69) is 6.58 Å². The molecule has 9 heteroatoms. The van der Waals surface area contributed by atoms with Crippen molar-refractivity contribution >= 4 is 11.4 Å². The summed E-state index contributed by atoms with van der Waals surface area (Å²) in [5, 5.41) is 19.1. The molecule has 0 aliphatic heterocycles. The van der Waals surface area contributed by atoms with Gasteiger partial charge >= 0.3 is 12.2 Å². The molecule has 3 N–H and O–H groups in total. The molecule has 0 saturated heterocycles. The molecule has 1 aliphatic carbocycles. The zero-order valence-corrected chi connectivity index (χ0v) is 24.1. The molecule has 222 valence electrons. The normalized spacial score (nSPS) is 14.3. The van der Waals surface area contributed by atoms with E-state index in [1.807, 2.05) is 33.8 Å². The number of nitriles is 1. The van der Waals surface area contributed by atoms with Crippen LogP contribution in [0, 0.1) is 25.2 Å². The van der Waals surface area contributed by atoms with Crippen LogP contribution in [0.15, 0.2) is 66.3 Å². The molecular weight excluding hydrogens is 542 g/mol. The Morgan fingerprint density at radius 2 is 1.68 bits per heavy atom. The van der Waals surface area contributed by atoms with E-state index >= 15 is 4.39 Å². The second-order valence-electron chi connectivity index (χ2n) is 8.86. The van der Waals surface area contributed by atoms with Crippen molar-refractivity contribution in [1.29, 1.82) is 5.26 Å². The lowest BCUT2D eigenvalue weighted by molar-refractivity contribution is -0.139. The van der Waals surface area contributed by atoms with E-state index in [1.165, 1.54) is 26.0 Å². The van der Waals surface area contributed by atoms with Gasteiger partial charge in [0, 0.05) is 16.7 Å². The quantitative estimate of drug-likeness (QED) is 0.265. The standard InChI is InChI=1S/C28H24F6N2O.2C2H6/c1-15-9-21(12-26(37)16(15)2)23(27(30,31)32)13-25(29)20-7-8-22(24(11-20)28(33,34)36)17(3)19-6-4-5-18(10-19)14-35;2*1-2/h6-13,23,37H,3-5,36H2,1-2H3;2*1-2H3/b25-13-;;. The Morgan fingerprint density at radius 1 is 1.07 bits per heavy atom. The van der Waals surface area contributed by atoms with Crippen LogP contribution >= 0.6 is 0 Å². The van der Waals surface area contributed by atoms with Gasteiger partial charge in [-0.3, -0.25) is 5.73 Å². The van der Waals surface area contributed by atoms with Crippen molar-refractivity contribution in [3.8, 4) is 11.8 Å². The number of nitrogens with two attached hydrogens (primary N) is 1. The molecule has 0 fully saturated rings. The van der Waals surface area contributed by atoms with E-state index in [9.17, 15) is 27.1 Å². The zero-order valence-electron chi connectivity index (χ0n) is 24.1. The molecule has 0 aromatic heterocycles. The van der Waals surface area contributed by atoms with Crippen molar-refractivity contribution < 1.29 is 31.4 Å². The Hall–Kier alpha value is -3.77. The zero-order chi connectivity index (χ0) is 31.7. The third-order valence-corrected chi connectivity index (χ3v) is 6.27. The molecule has 0 amide bonds. The number of hydrogen-bond donors (Lipinski definition) is 2. The van der Waals surface area contributed by atoms with Crippen molar-refractivity contribution in [2.45, 2.75) is 72.5 Å². The monoisotopic (exact) mass is 578 g/mol. The number of nitrogens with zero attached hydrogens (tertiary/aromatic N) is 1. The summed E-state index contributed by atoms with van der Waals surface area (Å²) < 4.78 is 85.5. The molecule has 1 aliphatic rings. The molecule has 0 saturated carbocycles. The van der Waals surface area contributed by atoms with Crippen LogP contribution in [0.1, 0.15) is 79.8 Å². The summed E-state index contributed by atoms with van der Waals surface area (Å²) in [7, 11) is 0. The predicted molar refractivity (Wildman–Crippen MR) is 153 cm³/mol. The maximum atomic E-state index is 15.2. The lowest BCUT2D eigenvalue weighted by Gasteiger charge is -2.21. The summed E-state index contributed by atoms with van der Waals surface area (Å²) in [6.07, 6.45) is -0.463. The number of allylic oxidation sites excluding steroid dienone is 6. The Morgan fingerprint density at radius 3 is 2.20 bits per heavy atom. The topological polar surface area (TPSA) is 70.0 Å². The summed E-state index contributed by atoms with van der Waals surface area (Å²) in [6, 6.07) is 2.99. The van der Waals surface area contributed by atoms with E-state index in [1.54, 1.807) is 6.08 Å². The highest BCUT2D eigenvalue weighted by atomic mass is 19.4. The summed E-state index contributed by atoms with van der Waals surface area (Å²) in [5.74, 6) is -4.22. The van der Waals surface area contributed by atoms with Crippen molar-refractivity contribution in [2.24, 2.45) is 5.73 Å². The molecular formula is C32H36F6N2O. The number of aromatic hydroxyl groups is 1. The maximum absolute atomic E-state index is 15.2. The van der Waals surface area contributed by atoms with Crippen LogP contribution in [0.5, 0.6) is 5.75 Å². The highest BCUT2D eigenvalue weighted by Crippen LogP contribution is 2.42. The molecule has 1 unspecified atom stereocenters. The largest absolute Gasteiger partial charge is 0.508 e. The van der Waals surface area contributed by atoms with Gasteiger partial charge in [-0.2, -0.15) is 27.2 Å². The van der Waals surface area contributed by atoms with Gasteiger partial charge in [0.25, 0.3) is 0 Å². The van der Waals surface area contributed by atoms with E-state index in [-0.39, 0.29) is 23.0 Å². The van der Waals surface area contributed by atoms with Crippen molar-refractivity contribution in [1.82, 2.24) is 0 Å². The van der Waals surface area contributed by atoms with E-state index in [0.29, 0.717) is 41.2 Å². The lowest BCUT2D eigenvalue weighted by Crippen LogP contribution is -2.27. The second kappa shape index (κ2) is 14.7. The Balaban J connectivity index is 0.00000201. The number of alkyl halides is 5. The van der Waals surface area contributed by atoms with Gasteiger partial charge in [0.2, 0.25) is 0 Å². The third-order valence-electron chi connectivity index (χ3n) is 6.27. The molecule has 2 aromatic carbocycles. The van der Waals surface area contributed by atoms with Crippen molar-refractivity contribution in [2.75, 3.05) is 0 Å². The fourth-order valence-corrected chi connectivity index (χ4v) is 4.06.